The van der Waals surface area contributed by atoms with E-state index in [1.807, 2.05) is 36.6 Å². The largest absolute Gasteiger partial charge is 0.456 e. The third-order valence-corrected chi connectivity index (χ3v) is 8.05. The van der Waals surface area contributed by atoms with Gasteiger partial charge in [-0.3, -0.25) is 4.90 Å². The van der Waals surface area contributed by atoms with Gasteiger partial charge in [0, 0.05) is 44.0 Å². The lowest BCUT2D eigenvalue weighted by molar-refractivity contribution is 0.0872. The molecule has 37 heavy (non-hydrogen) atoms. The minimum Gasteiger partial charge on any atom is -0.456 e. The van der Waals surface area contributed by atoms with E-state index in [2.05, 4.69) is 39.1 Å². The Morgan fingerprint density at radius 2 is 1.84 bits per heavy atom. The molecule has 190 valence electrons. The number of benzene rings is 1. The van der Waals surface area contributed by atoms with Gasteiger partial charge in [0.25, 0.3) is 0 Å². The van der Waals surface area contributed by atoms with E-state index in [0.29, 0.717) is 11.4 Å². The van der Waals surface area contributed by atoms with Crippen molar-refractivity contribution in [3.05, 3.63) is 83.9 Å². The highest BCUT2D eigenvalue weighted by molar-refractivity contribution is 7.99. The Kier molecular flexibility index (Phi) is 8.51. The fraction of sp³-hybridized carbons (Fsp3) is 0.321. The van der Waals surface area contributed by atoms with Crippen molar-refractivity contribution in [3.63, 3.8) is 0 Å². The summed E-state index contributed by atoms with van der Waals surface area (Å²) in [7, 11) is 0. The summed E-state index contributed by atoms with van der Waals surface area (Å²) < 4.78 is 11.8. The Balaban J connectivity index is 1.13. The Morgan fingerprint density at radius 1 is 1.03 bits per heavy atom. The zero-order valence-electron chi connectivity index (χ0n) is 20.8. The van der Waals surface area contributed by atoms with E-state index >= 15 is 0 Å². The van der Waals surface area contributed by atoms with Crippen molar-refractivity contribution in [2.24, 2.45) is 0 Å². The van der Waals surface area contributed by atoms with Gasteiger partial charge in [0.1, 0.15) is 27.9 Å². The average molecular weight is 532 g/mol. The molecule has 7 nitrogen and oxygen atoms in total. The average Bonchev–Trinajstić information content (AvgIpc) is 2.98. The van der Waals surface area contributed by atoms with E-state index in [4.69, 9.17) is 14.5 Å². The van der Waals surface area contributed by atoms with Gasteiger partial charge in [-0.05, 0) is 24.7 Å². The molecule has 5 rings (SSSR count). The number of thioether (sulfide) groups is 2. The molecule has 0 radical (unpaired) electrons. The predicted molar refractivity (Wildman–Crippen MR) is 147 cm³/mol. The molecule has 1 fully saturated rings. The van der Waals surface area contributed by atoms with Gasteiger partial charge in [-0.25, -0.2) is 9.97 Å². The van der Waals surface area contributed by atoms with Crippen LogP contribution in [0.3, 0.4) is 0 Å². The molecule has 1 aromatic heterocycles. The second kappa shape index (κ2) is 12.4. The van der Waals surface area contributed by atoms with E-state index in [-0.39, 0.29) is 0 Å². The maximum absolute atomic E-state index is 9.77. The molecule has 3 aliphatic rings. The topological polar surface area (TPSA) is 74.5 Å². The van der Waals surface area contributed by atoms with Gasteiger partial charge in [-0.2, -0.15) is 5.26 Å². The molecule has 0 N–H and O–H groups in total. The van der Waals surface area contributed by atoms with Gasteiger partial charge < -0.3 is 14.4 Å². The van der Waals surface area contributed by atoms with E-state index in [1.54, 1.807) is 24.3 Å². The first kappa shape index (κ1) is 25.5. The summed E-state index contributed by atoms with van der Waals surface area (Å²) in [6.07, 6.45) is 13.7. The second-order valence-corrected chi connectivity index (χ2v) is 10.6. The molecule has 2 aliphatic heterocycles. The summed E-state index contributed by atoms with van der Waals surface area (Å²) in [4.78, 5) is 14.1. The molecule has 9 heteroatoms. The van der Waals surface area contributed by atoms with Crippen LogP contribution in [-0.4, -0.2) is 64.5 Å². The molecule has 0 amide bonds. The number of hydrogen-bond donors (Lipinski definition) is 0. The lowest BCUT2D eigenvalue weighted by Crippen LogP contribution is -2.46. The van der Waals surface area contributed by atoms with Crippen LogP contribution in [0.2, 0.25) is 0 Å². The second-order valence-electron chi connectivity index (χ2n) is 8.72. The molecular formula is C28H29N5O2S2. The van der Waals surface area contributed by atoms with Gasteiger partial charge in [0.05, 0.1) is 0 Å². The van der Waals surface area contributed by atoms with Crippen molar-refractivity contribution in [1.82, 2.24) is 19.8 Å². The number of ether oxygens (including phenoxy) is 2. The number of nitriles is 1. The van der Waals surface area contributed by atoms with E-state index in [1.165, 1.54) is 17.3 Å². The summed E-state index contributed by atoms with van der Waals surface area (Å²) >= 11 is 3.12. The number of hydrogen-bond acceptors (Lipinski definition) is 9. The van der Waals surface area contributed by atoms with E-state index in [9.17, 15) is 5.26 Å². The highest BCUT2D eigenvalue weighted by Gasteiger charge is 2.23. The molecule has 1 aromatic carbocycles. The van der Waals surface area contributed by atoms with Crippen LogP contribution in [-0.2, 0) is 9.47 Å². The Hall–Kier alpha value is -3.19. The molecule has 0 atom stereocenters. The Bertz CT molecular complexity index is 1280. The van der Waals surface area contributed by atoms with Crippen LogP contribution in [0, 0.1) is 11.3 Å². The maximum atomic E-state index is 9.77. The van der Waals surface area contributed by atoms with Crippen LogP contribution in [0.1, 0.15) is 18.4 Å². The normalized spacial score (nSPS) is 17.7. The van der Waals surface area contributed by atoms with Crippen molar-refractivity contribution in [2.45, 2.75) is 22.9 Å². The van der Waals surface area contributed by atoms with Gasteiger partial charge in [-0.1, -0.05) is 48.6 Å². The Morgan fingerprint density at radius 3 is 2.51 bits per heavy atom. The summed E-state index contributed by atoms with van der Waals surface area (Å²) in [6, 6.07) is 12.2. The first-order valence-electron chi connectivity index (χ1n) is 12.4. The number of piperazine rings is 1. The molecule has 0 unspecified atom stereocenters. The molecular weight excluding hydrogens is 502 g/mol. The molecule has 2 aromatic rings. The van der Waals surface area contributed by atoms with Crippen molar-refractivity contribution < 1.29 is 9.47 Å². The van der Waals surface area contributed by atoms with Crippen LogP contribution in [0.25, 0.3) is 11.4 Å². The highest BCUT2D eigenvalue weighted by atomic mass is 32.2. The van der Waals surface area contributed by atoms with Gasteiger partial charge in [0.15, 0.2) is 17.8 Å². The highest BCUT2D eigenvalue weighted by Crippen LogP contribution is 2.30. The van der Waals surface area contributed by atoms with Crippen molar-refractivity contribution in [2.75, 3.05) is 44.7 Å². The van der Waals surface area contributed by atoms with Gasteiger partial charge >= 0.3 is 0 Å². The summed E-state index contributed by atoms with van der Waals surface area (Å²) in [5.41, 5.74) is 2.69. The predicted octanol–water partition coefficient (Wildman–Crippen LogP) is 5.41. The van der Waals surface area contributed by atoms with E-state index in [0.717, 1.165) is 78.6 Å². The minimum atomic E-state index is 0.566. The summed E-state index contributed by atoms with van der Waals surface area (Å²) in [5.74, 6) is 3.08. The fourth-order valence-electron chi connectivity index (χ4n) is 4.34. The standard InChI is InChI=1S/C28H29N5O2S2/c1-36-27-23(18-29)28(31-26(30-27)22-10-6-3-7-11-22)37-17-16-32-12-14-33(15-13-32)25-20-34-24(19-35-25)21-8-4-2-5-9-21/h2-4,6-8,10-11,19-20H,5,9,12-17H2,1H3. The van der Waals surface area contributed by atoms with Crippen LogP contribution in [0.5, 0.6) is 0 Å². The van der Waals surface area contributed by atoms with Crippen LogP contribution in [0.4, 0.5) is 0 Å². The molecule has 0 saturated carbocycles. The van der Waals surface area contributed by atoms with Crippen LogP contribution < -0.4 is 0 Å². The zero-order valence-corrected chi connectivity index (χ0v) is 22.4. The lowest BCUT2D eigenvalue weighted by atomic mass is 10.0. The molecule has 0 bridgehead atoms. The maximum Gasteiger partial charge on any atom is 0.231 e. The Labute approximate surface area is 226 Å². The molecule has 1 saturated heterocycles. The van der Waals surface area contributed by atoms with Crippen molar-refractivity contribution in [3.8, 4) is 17.5 Å². The monoisotopic (exact) mass is 531 g/mol. The third kappa shape index (κ3) is 6.21. The molecule has 1 aliphatic carbocycles. The number of allylic oxidation sites excluding steroid dienone is 4. The number of aromatic nitrogens is 2. The van der Waals surface area contributed by atoms with Crippen molar-refractivity contribution >= 4 is 23.5 Å². The summed E-state index contributed by atoms with van der Waals surface area (Å²) in [6.45, 7) is 4.55. The molecule has 0 spiro atoms. The first-order valence-corrected chi connectivity index (χ1v) is 14.6. The third-order valence-electron chi connectivity index (χ3n) is 6.41. The number of nitrogens with zero attached hydrogens (tertiary/aromatic N) is 5. The summed E-state index contributed by atoms with van der Waals surface area (Å²) in [5, 5.41) is 11.3. The van der Waals surface area contributed by atoms with E-state index < -0.39 is 0 Å². The smallest absolute Gasteiger partial charge is 0.231 e. The van der Waals surface area contributed by atoms with Crippen molar-refractivity contribution in [1.29, 1.82) is 5.26 Å². The quantitative estimate of drug-likeness (QED) is 0.328. The minimum absolute atomic E-state index is 0.566. The van der Waals surface area contributed by atoms with Crippen LogP contribution in [0.15, 0.2) is 88.4 Å². The first-order chi connectivity index (χ1) is 18.2. The fourth-order valence-corrected chi connectivity index (χ4v) is 5.91. The lowest BCUT2D eigenvalue weighted by Gasteiger charge is -2.36. The SMILES string of the molecule is CSc1nc(-c2ccccc2)nc(SCCN2CCN(C3=COC(C4=CC=CCC4)=CO3)CC2)c1C#N. The number of rotatable bonds is 8. The molecule has 3 heterocycles. The van der Waals surface area contributed by atoms with Gasteiger partial charge in [-0.15, -0.1) is 23.5 Å². The van der Waals surface area contributed by atoms with Gasteiger partial charge in [0.2, 0.25) is 5.88 Å². The van der Waals surface area contributed by atoms with Crippen LogP contribution >= 0.6 is 23.5 Å². The zero-order chi connectivity index (χ0) is 25.5.